The Morgan fingerprint density at radius 2 is 2.37 bits per heavy atom. The number of alkyl halides is 1. The average molecular weight is 300 g/mol. The summed E-state index contributed by atoms with van der Waals surface area (Å²) in [5.74, 6) is -0.993. The van der Waals surface area contributed by atoms with Crippen molar-refractivity contribution in [3.05, 3.63) is 22.6 Å². The number of carbonyl (C=O) groups is 1. The number of thioether (sulfide) groups is 1. The summed E-state index contributed by atoms with van der Waals surface area (Å²) in [6.07, 6.45) is 2.16. The summed E-state index contributed by atoms with van der Waals surface area (Å²) < 4.78 is 13.9. The molecule has 0 radical (unpaired) electrons. The van der Waals surface area contributed by atoms with E-state index in [0.717, 1.165) is 10.4 Å². The Kier molecular flexibility index (Phi) is 4.26. The zero-order chi connectivity index (χ0) is 14.0. The average Bonchev–Trinajstić information content (AvgIpc) is 2.93. The molecule has 0 saturated heterocycles. The predicted molar refractivity (Wildman–Crippen MR) is 74.9 cm³/mol. The molecule has 0 aliphatic carbocycles. The molecule has 0 unspecified atom stereocenters. The standard InChI is InChI=1S/C12H13FN2O2S2/c1-15-11(18-2)9(12(16)17)10(14-15)8-5-7(3-4-13)6-19-8/h5-6H,3-4H2,1-2H3,(H,16,17). The molecule has 2 aromatic heterocycles. The highest BCUT2D eigenvalue weighted by Gasteiger charge is 2.23. The molecule has 0 bridgehead atoms. The van der Waals surface area contributed by atoms with Crippen LogP contribution in [0.2, 0.25) is 0 Å². The van der Waals surface area contributed by atoms with E-state index >= 15 is 0 Å². The van der Waals surface area contributed by atoms with Crippen molar-refractivity contribution in [1.29, 1.82) is 0 Å². The van der Waals surface area contributed by atoms with Gasteiger partial charge in [-0.3, -0.25) is 9.07 Å². The van der Waals surface area contributed by atoms with E-state index < -0.39 is 12.6 Å². The molecule has 19 heavy (non-hydrogen) atoms. The van der Waals surface area contributed by atoms with Crippen molar-refractivity contribution in [2.45, 2.75) is 11.4 Å². The van der Waals surface area contributed by atoms with E-state index in [1.165, 1.54) is 23.1 Å². The van der Waals surface area contributed by atoms with Crippen molar-refractivity contribution in [2.24, 2.45) is 7.05 Å². The molecule has 0 spiro atoms. The zero-order valence-electron chi connectivity index (χ0n) is 10.5. The molecule has 2 heterocycles. The number of hydrogen-bond acceptors (Lipinski definition) is 4. The second-order valence-corrected chi connectivity index (χ2v) is 5.63. The van der Waals surface area contributed by atoms with Gasteiger partial charge in [0.2, 0.25) is 0 Å². The molecule has 0 aliphatic heterocycles. The third kappa shape index (κ3) is 2.66. The second-order valence-electron chi connectivity index (χ2n) is 3.92. The monoisotopic (exact) mass is 300 g/mol. The van der Waals surface area contributed by atoms with Crippen molar-refractivity contribution >= 4 is 29.1 Å². The summed E-state index contributed by atoms with van der Waals surface area (Å²) in [4.78, 5) is 12.2. The Morgan fingerprint density at radius 1 is 1.63 bits per heavy atom. The number of carboxylic acid groups (broad SMARTS) is 1. The maximum Gasteiger partial charge on any atom is 0.340 e. The van der Waals surface area contributed by atoms with Gasteiger partial charge in [0.05, 0.1) is 11.6 Å². The second kappa shape index (κ2) is 5.75. The first-order chi connectivity index (χ1) is 9.08. The molecule has 0 fully saturated rings. The van der Waals surface area contributed by atoms with Gasteiger partial charge in [0.15, 0.2) is 0 Å². The van der Waals surface area contributed by atoms with Crippen LogP contribution < -0.4 is 0 Å². The highest BCUT2D eigenvalue weighted by atomic mass is 32.2. The number of thiophene rings is 1. The Balaban J connectivity index is 2.51. The highest BCUT2D eigenvalue weighted by molar-refractivity contribution is 7.98. The van der Waals surface area contributed by atoms with E-state index in [1.54, 1.807) is 11.7 Å². The minimum absolute atomic E-state index is 0.212. The molecule has 0 amide bonds. The lowest BCUT2D eigenvalue weighted by Gasteiger charge is -1.98. The van der Waals surface area contributed by atoms with Crippen LogP contribution in [-0.4, -0.2) is 33.8 Å². The fourth-order valence-corrected chi connectivity index (χ4v) is 3.48. The van der Waals surface area contributed by atoms with Gasteiger partial charge in [-0.15, -0.1) is 23.1 Å². The van der Waals surface area contributed by atoms with Gasteiger partial charge in [-0.05, 0) is 23.3 Å². The van der Waals surface area contributed by atoms with Gasteiger partial charge in [-0.1, -0.05) is 0 Å². The summed E-state index contributed by atoms with van der Waals surface area (Å²) in [6, 6.07) is 1.81. The SMILES string of the molecule is CSc1c(C(=O)O)c(-c2cc(CCF)cs2)nn1C. The van der Waals surface area contributed by atoms with Crippen LogP contribution in [0.5, 0.6) is 0 Å². The fourth-order valence-electron chi connectivity index (χ4n) is 1.85. The topological polar surface area (TPSA) is 55.1 Å². The van der Waals surface area contributed by atoms with Crippen LogP contribution in [0, 0.1) is 0 Å². The molecule has 1 N–H and O–H groups in total. The molecule has 102 valence electrons. The normalized spacial score (nSPS) is 10.9. The van der Waals surface area contributed by atoms with Crippen molar-refractivity contribution in [1.82, 2.24) is 9.78 Å². The van der Waals surface area contributed by atoms with E-state index in [0.29, 0.717) is 17.1 Å². The third-order valence-corrected chi connectivity index (χ3v) is 4.51. The van der Waals surface area contributed by atoms with Gasteiger partial charge in [0, 0.05) is 13.5 Å². The molecular weight excluding hydrogens is 287 g/mol. The van der Waals surface area contributed by atoms with Crippen molar-refractivity contribution in [3.63, 3.8) is 0 Å². The van der Waals surface area contributed by atoms with Gasteiger partial charge in [0.25, 0.3) is 0 Å². The quantitative estimate of drug-likeness (QED) is 0.862. The molecule has 0 aromatic carbocycles. The minimum Gasteiger partial charge on any atom is -0.478 e. The van der Waals surface area contributed by atoms with Crippen LogP contribution in [0.25, 0.3) is 10.6 Å². The molecule has 4 nitrogen and oxygen atoms in total. The number of aromatic carboxylic acids is 1. The Morgan fingerprint density at radius 3 is 2.95 bits per heavy atom. The van der Waals surface area contributed by atoms with Gasteiger partial charge in [-0.2, -0.15) is 5.10 Å². The van der Waals surface area contributed by atoms with Gasteiger partial charge >= 0.3 is 5.97 Å². The smallest absolute Gasteiger partial charge is 0.340 e. The number of aromatic nitrogens is 2. The number of nitrogens with zero attached hydrogens (tertiary/aromatic N) is 2. The summed E-state index contributed by atoms with van der Waals surface area (Å²) >= 11 is 2.74. The van der Waals surface area contributed by atoms with Crippen molar-refractivity contribution in [3.8, 4) is 10.6 Å². The maximum atomic E-state index is 12.3. The lowest BCUT2D eigenvalue weighted by molar-refractivity contribution is 0.0693. The van der Waals surface area contributed by atoms with Crippen LogP contribution >= 0.6 is 23.1 Å². The highest BCUT2D eigenvalue weighted by Crippen LogP contribution is 2.34. The van der Waals surface area contributed by atoms with Crippen LogP contribution in [0.1, 0.15) is 15.9 Å². The lowest BCUT2D eigenvalue weighted by atomic mass is 10.2. The molecule has 2 rings (SSSR count). The van der Waals surface area contributed by atoms with E-state index in [-0.39, 0.29) is 5.56 Å². The predicted octanol–water partition coefficient (Wildman–Crippen LogP) is 3.08. The maximum absolute atomic E-state index is 12.3. The molecule has 0 aliphatic rings. The molecule has 7 heteroatoms. The summed E-state index contributed by atoms with van der Waals surface area (Å²) in [5, 5.41) is 16.1. The number of aryl methyl sites for hydroxylation is 2. The van der Waals surface area contributed by atoms with E-state index in [1.807, 2.05) is 17.7 Å². The number of hydrogen-bond donors (Lipinski definition) is 1. The van der Waals surface area contributed by atoms with Gasteiger partial charge in [-0.25, -0.2) is 4.79 Å². The minimum atomic E-state index is -0.993. The Hall–Kier alpha value is -1.34. The van der Waals surface area contributed by atoms with Crippen LogP contribution in [0.3, 0.4) is 0 Å². The van der Waals surface area contributed by atoms with E-state index in [9.17, 15) is 14.3 Å². The van der Waals surface area contributed by atoms with Crippen molar-refractivity contribution < 1.29 is 14.3 Å². The summed E-state index contributed by atoms with van der Waals surface area (Å²) in [6.45, 7) is -0.416. The molecule has 2 aromatic rings. The van der Waals surface area contributed by atoms with Crippen LogP contribution in [0.4, 0.5) is 4.39 Å². The van der Waals surface area contributed by atoms with E-state index in [2.05, 4.69) is 5.10 Å². The first-order valence-electron chi connectivity index (χ1n) is 5.56. The van der Waals surface area contributed by atoms with Crippen molar-refractivity contribution in [2.75, 3.05) is 12.9 Å². The summed E-state index contributed by atoms with van der Waals surface area (Å²) in [5.41, 5.74) is 1.54. The number of carboxylic acids is 1. The largest absolute Gasteiger partial charge is 0.478 e. The Bertz CT molecular complexity index is 607. The molecular formula is C12H13FN2O2S2. The lowest BCUT2D eigenvalue weighted by Crippen LogP contribution is -1.99. The summed E-state index contributed by atoms with van der Waals surface area (Å²) in [7, 11) is 1.72. The van der Waals surface area contributed by atoms with E-state index in [4.69, 9.17) is 0 Å². The first kappa shape index (κ1) is 14.1. The van der Waals surface area contributed by atoms with Crippen LogP contribution in [-0.2, 0) is 13.5 Å². The third-order valence-electron chi connectivity index (χ3n) is 2.67. The zero-order valence-corrected chi connectivity index (χ0v) is 12.1. The molecule has 0 saturated carbocycles. The number of rotatable bonds is 5. The van der Waals surface area contributed by atoms with Gasteiger partial charge < -0.3 is 5.11 Å². The number of halogens is 1. The van der Waals surface area contributed by atoms with Crippen LogP contribution in [0.15, 0.2) is 16.5 Å². The van der Waals surface area contributed by atoms with Gasteiger partial charge in [0.1, 0.15) is 16.3 Å². The fraction of sp³-hybridized carbons (Fsp3) is 0.333. The molecule has 0 atom stereocenters. The Labute approximate surface area is 118 Å². The first-order valence-corrected chi connectivity index (χ1v) is 7.67.